The molecule has 0 aliphatic carbocycles. The van der Waals surface area contributed by atoms with Gasteiger partial charge in [0.25, 0.3) is 0 Å². The second-order valence-electron chi connectivity index (χ2n) is 11.9. The summed E-state index contributed by atoms with van der Waals surface area (Å²) in [5, 5.41) is 0. The maximum absolute atomic E-state index is 14.1. The van der Waals surface area contributed by atoms with Crippen LogP contribution in [-0.2, 0) is 38.2 Å². The number of hydrogen-bond acceptors (Lipinski definition) is 16. The molecular formula is C37H34O16. The van der Waals surface area contributed by atoms with Gasteiger partial charge in [-0.3, -0.25) is 33.6 Å². The zero-order valence-electron chi connectivity index (χ0n) is 29.6. The van der Waals surface area contributed by atoms with Crippen LogP contribution in [0.4, 0.5) is 0 Å². The molecule has 0 saturated carbocycles. The highest BCUT2D eigenvalue weighted by atomic mass is 16.6. The molecule has 0 amide bonds. The van der Waals surface area contributed by atoms with E-state index in [0.717, 1.165) is 33.8 Å². The summed E-state index contributed by atoms with van der Waals surface area (Å²) in [6, 6.07) is 9.98. The number of ether oxygens (including phenoxy) is 9. The van der Waals surface area contributed by atoms with Crippen LogP contribution in [0, 0.1) is 0 Å². The fourth-order valence-electron chi connectivity index (χ4n) is 5.98. The van der Waals surface area contributed by atoms with E-state index in [1.807, 2.05) is 0 Å². The summed E-state index contributed by atoms with van der Waals surface area (Å²) in [7, 11) is 1.38. The van der Waals surface area contributed by atoms with Crippen LogP contribution in [0.3, 0.4) is 0 Å². The summed E-state index contributed by atoms with van der Waals surface area (Å²) < 4.78 is 50.3. The van der Waals surface area contributed by atoms with E-state index in [4.69, 9.17) is 42.6 Å². The summed E-state index contributed by atoms with van der Waals surface area (Å²) in [6.07, 6.45) is -3.99. The molecule has 4 atom stereocenters. The number of benzene rings is 3. The van der Waals surface area contributed by atoms with Gasteiger partial charge in [0.2, 0.25) is 11.9 Å². The Morgan fingerprint density at radius 1 is 0.623 bits per heavy atom. The number of Topliss-reactive ketones (excluding diaryl/α,β-unsaturated/α-hetero) is 1. The van der Waals surface area contributed by atoms with Crippen LogP contribution in [0.15, 0.2) is 42.5 Å². The van der Waals surface area contributed by atoms with Crippen molar-refractivity contribution < 1.29 is 76.2 Å². The maximum atomic E-state index is 14.1. The molecule has 4 unspecified atom stereocenters. The van der Waals surface area contributed by atoms with Crippen LogP contribution >= 0.6 is 0 Å². The van der Waals surface area contributed by atoms with E-state index >= 15 is 0 Å². The molecule has 16 heteroatoms. The van der Waals surface area contributed by atoms with E-state index in [-0.39, 0.29) is 58.0 Å². The van der Waals surface area contributed by atoms with Gasteiger partial charge in [-0.05, 0) is 29.8 Å². The van der Waals surface area contributed by atoms with E-state index in [9.17, 15) is 33.6 Å². The Morgan fingerprint density at radius 3 is 1.85 bits per heavy atom. The monoisotopic (exact) mass is 734 g/mol. The molecule has 0 aromatic heterocycles. The van der Waals surface area contributed by atoms with Crippen molar-refractivity contribution in [3.05, 3.63) is 64.7 Å². The molecule has 0 fully saturated rings. The van der Waals surface area contributed by atoms with Gasteiger partial charge >= 0.3 is 35.8 Å². The molecule has 0 spiro atoms. The smallest absolute Gasteiger partial charge is 0.308 e. The Labute approximate surface area is 302 Å². The number of hydrogen-bond donors (Lipinski definition) is 0. The van der Waals surface area contributed by atoms with Crippen molar-refractivity contribution in [1.29, 1.82) is 0 Å². The standard InChI is InChI=1S/C37H34O16/c1-16(38)46-15-26-25-10-23(12-31(50-20(5)42)36(25)53-34(26)22-8-9-27(48-18(3)40)28(11-22)45-7)35-37(51-21(6)43)33(44)32-29(49-19(4)41)13-24(47-17(2)39)14-30(32)52-35/h8-14,26,34-35,37H,15H2,1-7H3. The van der Waals surface area contributed by atoms with Gasteiger partial charge in [-0.1, -0.05) is 6.07 Å². The van der Waals surface area contributed by atoms with Crippen LogP contribution in [0.2, 0.25) is 0 Å². The molecular weight excluding hydrogens is 700 g/mol. The van der Waals surface area contributed by atoms with Crippen LogP contribution in [-0.4, -0.2) is 61.4 Å². The number of ketones is 1. The van der Waals surface area contributed by atoms with Gasteiger partial charge in [0.05, 0.1) is 13.0 Å². The lowest BCUT2D eigenvalue weighted by Gasteiger charge is -2.33. The van der Waals surface area contributed by atoms with Crippen LogP contribution in [0.1, 0.15) is 86.7 Å². The van der Waals surface area contributed by atoms with Crippen LogP contribution in [0.25, 0.3) is 0 Å². The number of esters is 6. The predicted octanol–water partition coefficient (Wildman–Crippen LogP) is 4.42. The number of fused-ring (bicyclic) bond motifs is 2. The fraction of sp³-hybridized carbons (Fsp3) is 0.324. The summed E-state index contributed by atoms with van der Waals surface area (Å²) in [4.78, 5) is 86.4. The Bertz CT molecular complexity index is 2030. The quantitative estimate of drug-likeness (QED) is 0.209. The minimum atomic E-state index is -1.67. The lowest BCUT2D eigenvalue weighted by molar-refractivity contribution is -0.149. The van der Waals surface area contributed by atoms with E-state index in [2.05, 4.69) is 0 Å². The largest absolute Gasteiger partial charge is 0.493 e. The van der Waals surface area contributed by atoms with E-state index in [1.165, 1.54) is 39.2 Å². The summed E-state index contributed by atoms with van der Waals surface area (Å²) in [5.41, 5.74) is 0.734. The van der Waals surface area contributed by atoms with Crippen molar-refractivity contribution in [3.8, 4) is 40.2 Å². The van der Waals surface area contributed by atoms with Gasteiger partial charge in [0.15, 0.2) is 29.1 Å². The molecule has 2 heterocycles. The number of carbonyl (C=O) groups is 7. The third kappa shape index (κ3) is 8.38. The highest BCUT2D eigenvalue weighted by Crippen LogP contribution is 2.54. The van der Waals surface area contributed by atoms with E-state index in [1.54, 1.807) is 18.2 Å². The first-order chi connectivity index (χ1) is 25.1. The molecule has 278 valence electrons. The lowest BCUT2D eigenvalue weighted by Crippen LogP contribution is -2.40. The van der Waals surface area contributed by atoms with Gasteiger partial charge in [-0.2, -0.15) is 0 Å². The number of rotatable bonds is 10. The molecule has 5 rings (SSSR count). The lowest BCUT2D eigenvalue weighted by atomic mass is 9.87. The Kier molecular flexibility index (Phi) is 11.0. The Hall–Kier alpha value is -6.45. The summed E-state index contributed by atoms with van der Waals surface area (Å²) >= 11 is 0. The van der Waals surface area contributed by atoms with Crippen LogP contribution < -0.4 is 33.2 Å². The van der Waals surface area contributed by atoms with Crippen molar-refractivity contribution in [3.63, 3.8) is 0 Å². The molecule has 0 bridgehead atoms. The molecule has 0 N–H and O–H groups in total. The average Bonchev–Trinajstić information content (AvgIpc) is 3.42. The molecule has 0 radical (unpaired) electrons. The third-order valence-corrected chi connectivity index (χ3v) is 7.82. The molecule has 53 heavy (non-hydrogen) atoms. The second kappa shape index (κ2) is 15.4. The normalized spacial score (nSPS) is 18.2. The van der Waals surface area contributed by atoms with Gasteiger partial charge < -0.3 is 42.6 Å². The number of carbonyl (C=O) groups excluding carboxylic acids is 7. The first kappa shape index (κ1) is 37.8. The van der Waals surface area contributed by atoms with Crippen LogP contribution in [0.5, 0.6) is 40.2 Å². The Morgan fingerprint density at radius 2 is 1.25 bits per heavy atom. The second-order valence-corrected chi connectivity index (χ2v) is 11.9. The van der Waals surface area contributed by atoms with Gasteiger partial charge in [-0.25, -0.2) is 0 Å². The minimum absolute atomic E-state index is 0.0926. The topological polar surface area (TPSA) is 203 Å². The Balaban J connectivity index is 1.68. The summed E-state index contributed by atoms with van der Waals surface area (Å²) in [5.74, 6) is -6.17. The minimum Gasteiger partial charge on any atom is -0.493 e. The molecule has 3 aromatic rings. The highest BCUT2D eigenvalue weighted by Gasteiger charge is 2.46. The first-order valence-corrected chi connectivity index (χ1v) is 16.0. The average molecular weight is 735 g/mol. The fourth-order valence-corrected chi connectivity index (χ4v) is 5.98. The molecule has 3 aromatic carbocycles. The maximum Gasteiger partial charge on any atom is 0.308 e. The molecule has 16 nitrogen and oxygen atoms in total. The predicted molar refractivity (Wildman–Crippen MR) is 177 cm³/mol. The highest BCUT2D eigenvalue weighted by molar-refractivity contribution is 6.07. The summed E-state index contributed by atoms with van der Waals surface area (Å²) in [6.45, 7) is 6.70. The van der Waals surface area contributed by atoms with E-state index < -0.39 is 65.8 Å². The van der Waals surface area contributed by atoms with Gasteiger partial charge in [0, 0.05) is 64.8 Å². The van der Waals surface area contributed by atoms with Crippen molar-refractivity contribution in [2.24, 2.45) is 0 Å². The molecule has 2 aliphatic rings. The molecule has 2 aliphatic heterocycles. The van der Waals surface area contributed by atoms with Crippen molar-refractivity contribution in [2.45, 2.75) is 65.8 Å². The zero-order chi connectivity index (χ0) is 38.7. The van der Waals surface area contributed by atoms with Gasteiger partial charge in [-0.15, -0.1) is 0 Å². The van der Waals surface area contributed by atoms with E-state index in [0.29, 0.717) is 11.1 Å². The number of methoxy groups -OCH3 is 1. The third-order valence-electron chi connectivity index (χ3n) is 7.82. The van der Waals surface area contributed by atoms with Gasteiger partial charge in [0.1, 0.15) is 35.5 Å². The van der Waals surface area contributed by atoms with Crippen molar-refractivity contribution in [2.75, 3.05) is 13.7 Å². The SMILES string of the molecule is COc1cc(C2Oc3c(OC(C)=O)cc(C4Oc5cc(OC(C)=O)cc(OC(C)=O)c5C(=O)C4OC(C)=O)cc3C2COC(C)=O)ccc1OC(C)=O. The zero-order valence-corrected chi connectivity index (χ0v) is 29.6. The van der Waals surface area contributed by atoms with Crippen molar-refractivity contribution >= 4 is 41.6 Å². The molecule has 0 saturated heterocycles. The first-order valence-electron chi connectivity index (χ1n) is 16.0. The van der Waals surface area contributed by atoms with Crippen molar-refractivity contribution in [1.82, 2.24) is 0 Å².